The molecule has 0 amide bonds. The van der Waals surface area contributed by atoms with E-state index in [1.165, 1.54) is 0 Å². The molecule has 0 aliphatic carbocycles. The van der Waals surface area contributed by atoms with Crippen molar-refractivity contribution in [3.63, 3.8) is 0 Å². The highest BCUT2D eigenvalue weighted by atomic mass is 14.7. The van der Waals surface area contributed by atoms with Gasteiger partial charge < -0.3 is 0 Å². The summed E-state index contributed by atoms with van der Waals surface area (Å²) in [4.78, 5) is 3.81. The molecule has 0 aliphatic heterocycles. The van der Waals surface area contributed by atoms with Crippen LogP contribution in [0, 0.1) is 11.8 Å². The summed E-state index contributed by atoms with van der Waals surface area (Å²) in [6.45, 7) is 7.44. The fourth-order valence-corrected chi connectivity index (χ4v) is 0. The van der Waals surface area contributed by atoms with Gasteiger partial charge in [-0.15, -0.1) is 0 Å². The topological polar surface area (TPSA) is 36.1 Å². The molecule has 0 aliphatic rings. The van der Waals surface area contributed by atoms with Crippen LogP contribution in [0.1, 0.15) is 13.8 Å². The summed E-state index contributed by atoms with van der Waals surface area (Å²) in [5.74, 6) is 0. The van der Waals surface area contributed by atoms with Gasteiger partial charge in [-0.25, -0.2) is 5.26 Å². The summed E-state index contributed by atoms with van der Waals surface area (Å²) in [6.07, 6.45) is 0. The summed E-state index contributed by atoms with van der Waals surface area (Å²) < 4.78 is 0. The fraction of sp³-hybridized carbons (Fsp3) is 0.600. The smallest absolute Gasteiger partial charge is 0.0462 e. The number of nitriles is 1. The van der Waals surface area contributed by atoms with Crippen molar-refractivity contribution in [3.05, 3.63) is 0 Å². The Morgan fingerprint density at radius 3 is 1.57 bits per heavy atom. The minimum absolute atomic E-state index is 1.13. The minimum atomic E-state index is 1.13. The summed E-state index contributed by atoms with van der Waals surface area (Å²) in [5, 5.41) is 6.50. The van der Waals surface area contributed by atoms with Crippen LogP contribution in [0.15, 0.2) is 4.99 Å². The fourth-order valence-electron chi connectivity index (χ4n) is 0. The molecular formula is C5H10N2. The van der Waals surface area contributed by atoms with E-state index in [0.717, 1.165) is 5.71 Å². The molecule has 0 fully saturated rings. The molecule has 0 aromatic heterocycles. The van der Waals surface area contributed by atoms with Crippen LogP contribution in [0.2, 0.25) is 0 Å². The van der Waals surface area contributed by atoms with Gasteiger partial charge in [0.05, 0.1) is 0 Å². The van der Waals surface area contributed by atoms with E-state index in [1.807, 2.05) is 13.8 Å². The molecule has 0 heterocycles. The SMILES string of the molecule is C#N.CN=C(C)C. The first-order chi connectivity index (χ1) is 3.27. The van der Waals surface area contributed by atoms with Gasteiger partial charge in [-0.1, -0.05) is 0 Å². The molecule has 0 rings (SSSR count). The van der Waals surface area contributed by atoms with Gasteiger partial charge in [0.25, 0.3) is 0 Å². The number of rotatable bonds is 0. The van der Waals surface area contributed by atoms with E-state index in [4.69, 9.17) is 5.26 Å². The molecule has 0 spiro atoms. The van der Waals surface area contributed by atoms with Crippen LogP contribution in [0.5, 0.6) is 0 Å². The van der Waals surface area contributed by atoms with E-state index in [0.29, 0.717) is 0 Å². The lowest BCUT2D eigenvalue weighted by atomic mass is 10.5. The van der Waals surface area contributed by atoms with Gasteiger partial charge in [-0.05, 0) is 13.8 Å². The molecule has 0 N–H and O–H groups in total. The molecule has 0 saturated carbocycles. The van der Waals surface area contributed by atoms with Gasteiger partial charge in [-0.2, -0.15) is 0 Å². The predicted octanol–water partition coefficient (Wildman–Crippen LogP) is 1.24. The molecule has 7 heavy (non-hydrogen) atoms. The normalized spacial score (nSPS) is 5.29. The quantitative estimate of drug-likeness (QED) is 0.420. The molecule has 0 radical (unpaired) electrons. The monoisotopic (exact) mass is 98.1 g/mol. The highest BCUT2D eigenvalue weighted by Crippen LogP contribution is 1.63. The molecule has 0 atom stereocenters. The van der Waals surface area contributed by atoms with Crippen molar-refractivity contribution in [1.29, 1.82) is 5.26 Å². The lowest BCUT2D eigenvalue weighted by molar-refractivity contribution is 1.41. The Labute approximate surface area is 44.5 Å². The Hall–Kier alpha value is -0.840. The van der Waals surface area contributed by atoms with Crippen molar-refractivity contribution in [2.24, 2.45) is 4.99 Å². The van der Waals surface area contributed by atoms with Crippen molar-refractivity contribution in [3.8, 4) is 6.57 Å². The lowest BCUT2D eigenvalue weighted by Crippen LogP contribution is -1.74. The van der Waals surface area contributed by atoms with E-state index >= 15 is 0 Å². The second kappa shape index (κ2) is 8.94. The second-order valence-corrected chi connectivity index (χ2v) is 1.17. The average Bonchev–Trinajstić information content (AvgIpc) is 1.73. The number of nitrogens with zero attached hydrogens (tertiary/aromatic N) is 2. The largest absolute Gasteiger partial charge is 0.298 e. The summed E-state index contributed by atoms with van der Waals surface area (Å²) in [5.41, 5.74) is 1.13. The zero-order valence-electron chi connectivity index (χ0n) is 4.97. The second-order valence-electron chi connectivity index (χ2n) is 1.17. The van der Waals surface area contributed by atoms with Crippen LogP contribution >= 0.6 is 0 Å². The van der Waals surface area contributed by atoms with Crippen LogP contribution < -0.4 is 0 Å². The molecule has 0 aromatic carbocycles. The van der Waals surface area contributed by atoms with Crippen LogP contribution in [-0.2, 0) is 0 Å². The van der Waals surface area contributed by atoms with E-state index in [1.54, 1.807) is 7.05 Å². The highest BCUT2D eigenvalue weighted by molar-refractivity contribution is 5.78. The van der Waals surface area contributed by atoms with E-state index in [2.05, 4.69) is 11.6 Å². The molecule has 0 bridgehead atoms. The maximum atomic E-state index is 6.50. The summed E-state index contributed by atoms with van der Waals surface area (Å²) in [6, 6.07) is 0. The van der Waals surface area contributed by atoms with Gasteiger partial charge in [-0.3, -0.25) is 4.99 Å². The maximum absolute atomic E-state index is 6.50. The van der Waals surface area contributed by atoms with E-state index in [-0.39, 0.29) is 0 Å². The van der Waals surface area contributed by atoms with Crippen molar-refractivity contribution in [2.45, 2.75) is 13.8 Å². The van der Waals surface area contributed by atoms with Crippen molar-refractivity contribution >= 4 is 5.71 Å². The standard InChI is InChI=1S/C4H9N.CHN/c1-4(2)5-3;1-2/h1-3H3;1H. The van der Waals surface area contributed by atoms with Gasteiger partial charge in [0.2, 0.25) is 0 Å². The van der Waals surface area contributed by atoms with Crippen molar-refractivity contribution < 1.29 is 0 Å². The molecule has 2 heteroatoms. The van der Waals surface area contributed by atoms with Crippen LogP contribution in [0.25, 0.3) is 0 Å². The Morgan fingerprint density at radius 2 is 1.57 bits per heavy atom. The molecule has 2 nitrogen and oxygen atoms in total. The first kappa shape index (κ1) is 9.48. The summed E-state index contributed by atoms with van der Waals surface area (Å²) in [7, 11) is 1.79. The van der Waals surface area contributed by atoms with Gasteiger partial charge in [0.1, 0.15) is 0 Å². The van der Waals surface area contributed by atoms with Crippen LogP contribution in [0.3, 0.4) is 0 Å². The molecule has 0 saturated heterocycles. The molecule has 40 valence electrons. The summed E-state index contributed by atoms with van der Waals surface area (Å²) >= 11 is 0. The first-order valence-electron chi connectivity index (χ1n) is 1.93. The van der Waals surface area contributed by atoms with Crippen LogP contribution in [-0.4, -0.2) is 12.8 Å². The Morgan fingerprint density at radius 1 is 1.43 bits per heavy atom. The number of hydrogen-bond acceptors (Lipinski definition) is 2. The molecular weight excluding hydrogens is 88.1 g/mol. The minimum Gasteiger partial charge on any atom is -0.298 e. The Kier molecular flexibility index (Phi) is 12.1. The first-order valence-corrected chi connectivity index (χ1v) is 1.93. The third-order valence-corrected chi connectivity index (χ3v) is 0.447. The zero-order valence-corrected chi connectivity index (χ0v) is 4.97. The van der Waals surface area contributed by atoms with Gasteiger partial charge in [0, 0.05) is 19.3 Å². The predicted molar refractivity (Wildman–Crippen MR) is 31.4 cm³/mol. The maximum Gasteiger partial charge on any atom is 0.0462 e. The van der Waals surface area contributed by atoms with E-state index in [9.17, 15) is 0 Å². The third kappa shape index (κ3) is 38.3. The lowest BCUT2D eigenvalue weighted by Gasteiger charge is -1.74. The highest BCUT2D eigenvalue weighted by Gasteiger charge is 1.62. The molecule has 0 aromatic rings. The van der Waals surface area contributed by atoms with Crippen LogP contribution in [0.4, 0.5) is 0 Å². The van der Waals surface area contributed by atoms with Crippen molar-refractivity contribution in [1.82, 2.24) is 0 Å². The number of hydrogen-bond donors (Lipinski definition) is 0. The van der Waals surface area contributed by atoms with Gasteiger partial charge >= 0.3 is 0 Å². The zero-order chi connectivity index (χ0) is 6.28. The third-order valence-electron chi connectivity index (χ3n) is 0.447. The number of aliphatic imine (C=N–C) groups is 1. The molecule has 0 unspecified atom stereocenters. The van der Waals surface area contributed by atoms with Crippen molar-refractivity contribution in [2.75, 3.05) is 7.05 Å². The Balaban J connectivity index is 0. The van der Waals surface area contributed by atoms with Gasteiger partial charge in [0.15, 0.2) is 0 Å². The Bertz CT molecular complexity index is 67.4. The van der Waals surface area contributed by atoms with E-state index < -0.39 is 0 Å². The average molecular weight is 98.1 g/mol.